The molecule has 148 valence electrons. The Bertz CT molecular complexity index is 992. The van der Waals surface area contributed by atoms with Crippen LogP contribution in [0.3, 0.4) is 0 Å². The first-order chi connectivity index (χ1) is 13.3. The fraction of sp³-hybridized carbons (Fsp3) is 0.278. The van der Waals surface area contributed by atoms with Crippen LogP contribution in [0, 0.1) is 10.1 Å². The summed E-state index contributed by atoms with van der Waals surface area (Å²) >= 11 is 0. The highest BCUT2D eigenvalue weighted by Crippen LogP contribution is 2.33. The number of sulfonamides is 1. The van der Waals surface area contributed by atoms with E-state index in [1.807, 2.05) is 0 Å². The van der Waals surface area contributed by atoms with E-state index in [1.54, 1.807) is 18.2 Å². The van der Waals surface area contributed by atoms with E-state index in [9.17, 15) is 23.3 Å². The number of nitrogens with zero attached hydrogens (tertiary/aromatic N) is 2. The molecule has 0 amide bonds. The van der Waals surface area contributed by atoms with Crippen LogP contribution in [-0.4, -0.2) is 43.3 Å². The van der Waals surface area contributed by atoms with Gasteiger partial charge in [0.05, 0.1) is 23.0 Å². The second kappa shape index (κ2) is 7.95. The molecule has 0 spiro atoms. The maximum atomic E-state index is 12.9. The zero-order valence-electron chi connectivity index (χ0n) is 15.0. The van der Waals surface area contributed by atoms with E-state index in [-0.39, 0.29) is 29.4 Å². The summed E-state index contributed by atoms with van der Waals surface area (Å²) in [5, 5.41) is 11.3. The molecule has 2 aromatic rings. The molecule has 1 atom stereocenters. The Hall–Kier alpha value is -2.98. The van der Waals surface area contributed by atoms with Crippen LogP contribution in [0.2, 0.25) is 0 Å². The van der Waals surface area contributed by atoms with Gasteiger partial charge in [-0.1, -0.05) is 18.2 Å². The van der Waals surface area contributed by atoms with Gasteiger partial charge in [0, 0.05) is 6.54 Å². The van der Waals surface area contributed by atoms with Gasteiger partial charge in [-0.25, -0.2) is 13.2 Å². The Morgan fingerprint density at radius 3 is 2.57 bits per heavy atom. The van der Waals surface area contributed by atoms with Crippen LogP contribution in [-0.2, 0) is 14.8 Å². The second-order valence-corrected chi connectivity index (χ2v) is 7.99. The molecule has 0 bridgehead atoms. The summed E-state index contributed by atoms with van der Waals surface area (Å²) in [4.78, 5) is 23.3. The molecule has 28 heavy (non-hydrogen) atoms. The van der Waals surface area contributed by atoms with Crippen molar-refractivity contribution in [2.24, 2.45) is 0 Å². The fourth-order valence-electron chi connectivity index (χ4n) is 3.02. The van der Waals surface area contributed by atoms with Gasteiger partial charge in [0.1, 0.15) is 11.8 Å². The predicted molar refractivity (Wildman–Crippen MR) is 98.6 cm³/mol. The minimum atomic E-state index is -3.88. The molecule has 1 heterocycles. The van der Waals surface area contributed by atoms with Gasteiger partial charge in [0.2, 0.25) is 15.8 Å². The zero-order valence-corrected chi connectivity index (χ0v) is 15.8. The third-order valence-corrected chi connectivity index (χ3v) is 6.32. The van der Waals surface area contributed by atoms with Crippen molar-refractivity contribution in [3.63, 3.8) is 0 Å². The Balaban J connectivity index is 1.86. The standard InChI is InChI=1S/C18H18N2O7S/c1-26-13-9-10-17(16(12-13)20(22)23)27-18(21)15-8-5-11-19(15)28(24,25)14-6-3-2-4-7-14/h2-4,6-7,9-10,12,15H,5,8,11H2,1H3. The summed E-state index contributed by atoms with van der Waals surface area (Å²) in [6.45, 7) is 0.168. The molecule has 1 aliphatic rings. The number of nitro benzene ring substituents is 1. The van der Waals surface area contributed by atoms with Crippen molar-refractivity contribution < 1.29 is 27.6 Å². The first kappa shape index (κ1) is 19.8. The van der Waals surface area contributed by atoms with Gasteiger partial charge < -0.3 is 9.47 Å². The molecule has 9 nitrogen and oxygen atoms in total. The lowest BCUT2D eigenvalue weighted by Gasteiger charge is -2.22. The molecule has 1 aliphatic heterocycles. The average Bonchev–Trinajstić information content (AvgIpc) is 3.19. The third kappa shape index (κ3) is 3.82. The quantitative estimate of drug-likeness (QED) is 0.313. The van der Waals surface area contributed by atoms with Gasteiger partial charge in [-0.05, 0) is 37.1 Å². The number of esters is 1. The molecule has 1 fully saturated rings. The van der Waals surface area contributed by atoms with Gasteiger partial charge in [0.15, 0.2) is 0 Å². The molecular weight excluding hydrogens is 388 g/mol. The SMILES string of the molecule is COc1ccc(OC(=O)C2CCCN2S(=O)(=O)c2ccccc2)c([N+](=O)[O-])c1. The minimum Gasteiger partial charge on any atom is -0.496 e. The monoisotopic (exact) mass is 406 g/mol. The summed E-state index contributed by atoms with van der Waals surface area (Å²) in [6.07, 6.45) is 0.755. The summed E-state index contributed by atoms with van der Waals surface area (Å²) in [5.41, 5.74) is -0.442. The van der Waals surface area contributed by atoms with E-state index in [4.69, 9.17) is 9.47 Å². The molecule has 0 saturated carbocycles. The summed E-state index contributed by atoms with van der Waals surface area (Å²) in [6, 6.07) is 10.5. The molecule has 0 radical (unpaired) electrons. The van der Waals surface area contributed by atoms with E-state index in [1.165, 1.54) is 31.4 Å². The smallest absolute Gasteiger partial charge is 0.330 e. The van der Waals surface area contributed by atoms with Crippen molar-refractivity contribution in [3.8, 4) is 11.5 Å². The largest absolute Gasteiger partial charge is 0.496 e. The maximum Gasteiger partial charge on any atom is 0.330 e. The average molecular weight is 406 g/mol. The number of hydrogen-bond acceptors (Lipinski definition) is 7. The Morgan fingerprint density at radius 1 is 1.21 bits per heavy atom. The molecule has 0 aromatic heterocycles. The number of rotatable bonds is 6. The minimum absolute atomic E-state index is 0.0742. The molecule has 10 heteroatoms. The number of carbonyl (C=O) groups is 1. The third-order valence-electron chi connectivity index (χ3n) is 4.40. The van der Waals surface area contributed by atoms with Gasteiger partial charge in [-0.15, -0.1) is 0 Å². The van der Waals surface area contributed by atoms with Crippen molar-refractivity contribution in [1.82, 2.24) is 4.31 Å². The van der Waals surface area contributed by atoms with E-state index >= 15 is 0 Å². The van der Waals surface area contributed by atoms with E-state index in [0.717, 1.165) is 10.4 Å². The summed E-state index contributed by atoms with van der Waals surface area (Å²) in [5.74, 6) is -0.884. The van der Waals surface area contributed by atoms with E-state index < -0.39 is 32.6 Å². The second-order valence-electron chi connectivity index (χ2n) is 6.10. The first-order valence-electron chi connectivity index (χ1n) is 8.45. The number of benzene rings is 2. The van der Waals surface area contributed by atoms with Crippen LogP contribution >= 0.6 is 0 Å². The van der Waals surface area contributed by atoms with Crippen molar-refractivity contribution in [2.45, 2.75) is 23.8 Å². The van der Waals surface area contributed by atoms with Crippen LogP contribution < -0.4 is 9.47 Å². The fourth-order valence-corrected chi connectivity index (χ4v) is 4.69. The topological polar surface area (TPSA) is 116 Å². The molecular formula is C18H18N2O7S. The van der Waals surface area contributed by atoms with Crippen molar-refractivity contribution >= 4 is 21.7 Å². The van der Waals surface area contributed by atoms with Crippen molar-refractivity contribution in [3.05, 3.63) is 58.6 Å². The van der Waals surface area contributed by atoms with Gasteiger partial charge in [0.25, 0.3) is 0 Å². The number of nitro groups is 1. The Labute approximate surface area is 161 Å². The summed E-state index contributed by atoms with van der Waals surface area (Å²) < 4.78 is 36.9. The van der Waals surface area contributed by atoms with Crippen LogP contribution in [0.15, 0.2) is 53.4 Å². The van der Waals surface area contributed by atoms with Crippen LogP contribution in [0.4, 0.5) is 5.69 Å². The maximum absolute atomic E-state index is 12.9. The van der Waals surface area contributed by atoms with Crippen LogP contribution in [0.5, 0.6) is 11.5 Å². The number of hydrogen-bond donors (Lipinski definition) is 0. The normalized spacial score (nSPS) is 17.2. The highest BCUT2D eigenvalue weighted by Gasteiger charge is 2.41. The zero-order chi connectivity index (χ0) is 20.3. The highest BCUT2D eigenvalue weighted by molar-refractivity contribution is 7.89. The number of carbonyl (C=O) groups excluding carboxylic acids is 1. The lowest BCUT2D eigenvalue weighted by atomic mass is 10.2. The predicted octanol–water partition coefficient (Wildman–Crippen LogP) is 2.36. The highest BCUT2D eigenvalue weighted by atomic mass is 32.2. The lowest BCUT2D eigenvalue weighted by Crippen LogP contribution is -2.42. The van der Waals surface area contributed by atoms with Gasteiger partial charge in [-0.3, -0.25) is 10.1 Å². The van der Waals surface area contributed by atoms with Crippen LogP contribution in [0.25, 0.3) is 0 Å². The number of methoxy groups -OCH3 is 1. The van der Waals surface area contributed by atoms with Crippen molar-refractivity contribution in [2.75, 3.05) is 13.7 Å². The van der Waals surface area contributed by atoms with Crippen molar-refractivity contribution in [1.29, 1.82) is 0 Å². The van der Waals surface area contributed by atoms with Gasteiger partial charge in [-0.2, -0.15) is 4.31 Å². The molecule has 3 rings (SSSR count). The Kier molecular flexibility index (Phi) is 5.61. The molecule has 1 unspecified atom stereocenters. The first-order valence-corrected chi connectivity index (χ1v) is 9.89. The molecule has 2 aromatic carbocycles. The molecule has 1 saturated heterocycles. The van der Waals surface area contributed by atoms with Crippen LogP contribution in [0.1, 0.15) is 12.8 Å². The van der Waals surface area contributed by atoms with E-state index in [2.05, 4.69) is 0 Å². The lowest BCUT2D eigenvalue weighted by molar-refractivity contribution is -0.385. The summed E-state index contributed by atoms with van der Waals surface area (Å²) in [7, 11) is -2.53. The van der Waals surface area contributed by atoms with Gasteiger partial charge >= 0.3 is 11.7 Å². The number of ether oxygens (including phenoxy) is 2. The molecule has 0 aliphatic carbocycles. The van der Waals surface area contributed by atoms with E-state index in [0.29, 0.717) is 6.42 Å². The Morgan fingerprint density at radius 2 is 1.93 bits per heavy atom. The molecule has 0 N–H and O–H groups in total.